The van der Waals surface area contributed by atoms with Crippen molar-refractivity contribution in [2.75, 3.05) is 0 Å². The number of thioether (sulfide) groups is 1. The first-order valence-corrected chi connectivity index (χ1v) is 10.4. The van der Waals surface area contributed by atoms with Crippen molar-refractivity contribution < 1.29 is 30.9 Å². The van der Waals surface area contributed by atoms with Gasteiger partial charge in [0.25, 0.3) is 0 Å². The number of benzene rings is 2. The normalized spacial score (nSPS) is 22.1. The number of aromatic nitrogens is 1. The third kappa shape index (κ3) is 3.83. The van der Waals surface area contributed by atoms with Gasteiger partial charge >= 0.3 is 0 Å². The number of ether oxygens (including phenoxy) is 1. The Balaban J connectivity index is 0.00000205. The Morgan fingerprint density at radius 1 is 1.14 bits per heavy atom. The number of phenolic OH excluding ortho intramolecular Hbond substituents is 1. The molecule has 0 bridgehead atoms. The molecular weight excluding hydrogens is 563 g/mol. The number of para-hydroxylation sites is 1. The van der Waals surface area contributed by atoms with Gasteiger partial charge in [-0.1, -0.05) is 32.0 Å². The second kappa shape index (κ2) is 7.77. The van der Waals surface area contributed by atoms with E-state index in [0.717, 1.165) is 16.0 Å². The Labute approximate surface area is 189 Å². The molecular formula is C23H21N2O2PtS-. The van der Waals surface area contributed by atoms with Crippen molar-refractivity contribution in [3.63, 3.8) is 0 Å². The Kier molecular flexibility index (Phi) is 5.47. The van der Waals surface area contributed by atoms with Crippen LogP contribution in [0.25, 0.3) is 10.9 Å². The number of pyridine rings is 1. The van der Waals surface area contributed by atoms with Crippen LogP contribution in [-0.2, 0) is 21.1 Å². The van der Waals surface area contributed by atoms with Crippen LogP contribution in [0, 0.1) is 11.5 Å². The summed E-state index contributed by atoms with van der Waals surface area (Å²) in [6, 6.07) is 18.6. The molecule has 6 heteroatoms. The van der Waals surface area contributed by atoms with Gasteiger partial charge in [0.1, 0.15) is 11.3 Å². The number of hydrogen-bond donors (Lipinski definition) is 1. The van der Waals surface area contributed by atoms with E-state index in [1.54, 1.807) is 18.2 Å². The van der Waals surface area contributed by atoms with Gasteiger partial charge in [0.05, 0.1) is 6.04 Å². The molecule has 1 N–H and O–H groups in total. The Hall–Kier alpha value is -1.84. The molecule has 1 aromatic heterocycles. The van der Waals surface area contributed by atoms with E-state index >= 15 is 0 Å². The molecule has 0 spiro atoms. The second-order valence-corrected chi connectivity index (χ2v) is 9.32. The van der Waals surface area contributed by atoms with Crippen LogP contribution in [0.2, 0.25) is 0 Å². The maximum atomic E-state index is 10.0. The molecule has 2 heterocycles. The van der Waals surface area contributed by atoms with Crippen molar-refractivity contribution in [1.82, 2.24) is 4.98 Å². The van der Waals surface area contributed by atoms with Crippen molar-refractivity contribution >= 4 is 27.7 Å². The zero-order valence-electron chi connectivity index (χ0n) is 16.2. The fraction of sp³-hybridized carbons (Fsp3) is 0.304. The molecule has 5 rings (SSSR count). The summed E-state index contributed by atoms with van der Waals surface area (Å²) >= 11 is 1.87. The first-order valence-electron chi connectivity index (χ1n) is 9.53. The van der Waals surface area contributed by atoms with Gasteiger partial charge < -0.3 is 14.8 Å². The smallest absolute Gasteiger partial charge is 0.217 e. The maximum Gasteiger partial charge on any atom is 0.217 e. The van der Waals surface area contributed by atoms with Crippen LogP contribution in [0.15, 0.2) is 53.5 Å². The van der Waals surface area contributed by atoms with Crippen molar-refractivity contribution in [3.05, 3.63) is 60.2 Å². The average molecular weight is 585 g/mol. The van der Waals surface area contributed by atoms with Gasteiger partial charge in [-0.3, -0.25) is 0 Å². The zero-order chi connectivity index (χ0) is 19.3. The third-order valence-electron chi connectivity index (χ3n) is 5.63. The molecule has 2 aliphatic rings. The molecule has 1 saturated carbocycles. The predicted octanol–water partition coefficient (Wildman–Crippen LogP) is 5.58. The molecule has 0 unspecified atom stereocenters. The zero-order valence-corrected chi connectivity index (χ0v) is 19.3. The van der Waals surface area contributed by atoms with Crippen LogP contribution in [-0.4, -0.2) is 26.4 Å². The Morgan fingerprint density at radius 2 is 1.97 bits per heavy atom. The number of rotatable bonds is 3. The summed E-state index contributed by atoms with van der Waals surface area (Å²) in [6.45, 7) is 4.63. The fourth-order valence-corrected chi connectivity index (χ4v) is 5.55. The summed E-state index contributed by atoms with van der Waals surface area (Å²) in [4.78, 5) is 9.45. The van der Waals surface area contributed by atoms with E-state index in [1.165, 1.54) is 12.8 Å². The minimum absolute atomic E-state index is 0. The van der Waals surface area contributed by atoms with Gasteiger partial charge in [-0.25, -0.2) is 4.98 Å². The van der Waals surface area contributed by atoms with Gasteiger partial charge in [0, 0.05) is 48.6 Å². The number of hydrogen-bond acceptors (Lipinski definition) is 5. The summed E-state index contributed by atoms with van der Waals surface area (Å²) in [5.41, 5.74) is 1.77. The average Bonchev–Trinajstić information content (AvgIpc) is 3.24. The van der Waals surface area contributed by atoms with Crippen molar-refractivity contribution in [2.24, 2.45) is 10.4 Å². The van der Waals surface area contributed by atoms with Crippen LogP contribution < -0.4 is 4.74 Å². The number of nitrogens with zero attached hydrogens (tertiary/aromatic N) is 2. The van der Waals surface area contributed by atoms with E-state index in [9.17, 15) is 5.11 Å². The van der Waals surface area contributed by atoms with Gasteiger partial charge in [-0.2, -0.15) is 11.8 Å². The van der Waals surface area contributed by atoms with E-state index in [-0.39, 0.29) is 32.2 Å². The molecule has 2 aromatic carbocycles. The van der Waals surface area contributed by atoms with Gasteiger partial charge in [-0.15, -0.1) is 23.8 Å². The standard InChI is InChI=1S/C23H21N2O2S.Pt/c1-23(2)12-11-18-21(23)25-22(28-18)15-6-3-7-16(13-15)27-19-10-9-14-5-4-8-17(26)20(14)24-19;/h3-10,18,21,26H,11-12H2,1-2H3;/q-1;/t18-,21+;/m0./s1. The molecule has 0 saturated heterocycles. The summed E-state index contributed by atoms with van der Waals surface area (Å²) in [5.74, 6) is 1.17. The largest absolute Gasteiger partial charge is 0.506 e. The van der Waals surface area contributed by atoms with Crippen LogP contribution in [0.5, 0.6) is 17.4 Å². The summed E-state index contributed by atoms with van der Waals surface area (Å²) < 4.78 is 5.93. The number of fused-ring (bicyclic) bond motifs is 2. The summed E-state index contributed by atoms with van der Waals surface area (Å²) in [5, 5.41) is 12.5. The molecule has 152 valence electrons. The number of aromatic hydroxyl groups is 1. The SMILES string of the molecule is CC1(C)CC[C@@H]2SC(c3[c-]c(Oc4ccc5cccc(O)c5n4)ccc3)=N[C@H]21.[Pt]. The second-order valence-electron chi connectivity index (χ2n) is 8.09. The van der Waals surface area contributed by atoms with Gasteiger partial charge in [0.15, 0.2) is 0 Å². The minimum atomic E-state index is 0. The van der Waals surface area contributed by atoms with Crippen LogP contribution >= 0.6 is 11.8 Å². The Morgan fingerprint density at radius 3 is 2.79 bits per heavy atom. The maximum absolute atomic E-state index is 10.0. The summed E-state index contributed by atoms with van der Waals surface area (Å²) in [7, 11) is 0. The fourth-order valence-electron chi connectivity index (χ4n) is 4.05. The molecule has 29 heavy (non-hydrogen) atoms. The topological polar surface area (TPSA) is 54.7 Å². The molecule has 1 aliphatic heterocycles. The van der Waals surface area contributed by atoms with Crippen LogP contribution in [0.3, 0.4) is 0 Å². The Bertz CT molecular complexity index is 1100. The molecule has 3 aromatic rings. The van der Waals surface area contributed by atoms with Crippen molar-refractivity contribution in [2.45, 2.75) is 38.0 Å². The van der Waals surface area contributed by atoms with E-state index in [1.807, 2.05) is 42.1 Å². The van der Waals surface area contributed by atoms with Gasteiger partial charge in [-0.05, 0) is 30.4 Å². The predicted molar refractivity (Wildman–Crippen MR) is 113 cm³/mol. The minimum Gasteiger partial charge on any atom is -0.506 e. The first kappa shape index (κ1) is 20.4. The summed E-state index contributed by atoms with van der Waals surface area (Å²) in [6.07, 6.45) is 2.45. The van der Waals surface area contributed by atoms with E-state index in [4.69, 9.17) is 9.73 Å². The van der Waals surface area contributed by atoms with Crippen LogP contribution in [0.4, 0.5) is 0 Å². The molecule has 1 fully saturated rings. The molecule has 2 atom stereocenters. The first-order chi connectivity index (χ1) is 13.5. The monoisotopic (exact) mass is 584 g/mol. The molecule has 4 nitrogen and oxygen atoms in total. The van der Waals surface area contributed by atoms with E-state index in [2.05, 4.69) is 24.9 Å². The van der Waals surface area contributed by atoms with Gasteiger partial charge in [0.2, 0.25) is 5.88 Å². The van der Waals surface area contributed by atoms with E-state index in [0.29, 0.717) is 28.4 Å². The third-order valence-corrected chi connectivity index (χ3v) is 6.98. The van der Waals surface area contributed by atoms with Crippen LogP contribution in [0.1, 0.15) is 32.3 Å². The molecule has 0 amide bonds. The molecule has 0 radical (unpaired) electrons. The van der Waals surface area contributed by atoms with Crippen molar-refractivity contribution in [1.29, 1.82) is 0 Å². The quantitative estimate of drug-likeness (QED) is 0.409. The van der Waals surface area contributed by atoms with E-state index < -0.39 is 0 Å². The number of aliphatic imine (C=N–C) groups is 1. The molecule has 1 aliphatic carbocycles. The number of phenols is 1. The van der Waals surface area contributed by atoms with Crippen molar-refractivity contribution in [3.8, 4) is 17.4 Å².